The molecule has 9 heteroatoms. The lowest BCUT2D eigenvalue weighted by Gasteiger charge is -2.03. The number of carbonyl (C=O) groups is 1. The van der Waals surface area contributed by atoms with Crippen molar-refractivity contribution >= 4 is 23.7 Å². The topological polar surface area (TPSA) is 120 Å². The Morgan fingerprint density at radius 2 is 2.41 bits per heavy atom. The number of carboxylic acid groups (broad SMARTS) is 1. The molecule has 2 aromatic heterocycles. The van der Waals surface area contributed by atoms with Crippen LogP contribution in [-0.4, -0.2) is 36.7 Å². The minimum absolute atomic E-state index is 0.103. The summed E-state index contributed by atoms with van der Waals surface area (Å²) >= 11 is 1.05. The maximum Gasteiger partial charge on any atom is 0.313 e. The van der Waals surface area contributed by atoms with E-state index in [1.165, 1.54) is 6.20 Å². The fourth-order valence-electron chi connectivity index (χ4n) is 1.16. The van der Waals surface area contributed by atoms with Crippen LogP contribution in [-0.2, 0) is 11.3 Å². The van der Waals surface area contributed by atoms with E-state index >= 15 is 0 Å². The molecule has 90 valence electrons. The van der Waals surface area contributed by atoms with Gasteiger partial charge < -0.3 is 15.4 Å². The van der Waals surface area contributed by atoms with Crippen molar-refractivity contribution in [2.24, 2.45) is 0 Å². The highest BCUT2D eigenvalue weighted by molar-refractivity contribution is 7.99. The Balaban J connectivity index is 2.14. The Kier molecular flexibility index (Phi) is 3.28. The monoisotopic (exact) mass is 255 g/mol. The molecular weight excluding hydrogens is 246 g/mol. The van der Waals surface area contributed by atoms with E-state index in [9.17, 15) is 4.79 Å². The fourth-order valence-corrected chi connectivity index (χ4v) is 1.83. The predicted molar refractivity (Wildman–Crippen MR) is 58.4 cm³/mol. The van der Waals surface area contributed by atoms with Crippen LogP contribution in [0.2, 0.25) is 0 Å². The van der Waals surface area contributed by atoms with E-state index in [1.54, 1.807) is 10.6 Å². The van der Waals surface area contributed by atoms with Crippen LogP contribution in [0.15, 0.2) is 21.9 Å². The normalized spacial score (nSPS) is 10.6. The molecule has 3 N–H and O–H groups in total. The quantitative estimate of drug-likeness (QED) is 0.720. The Hall–Kier alpha value is -2.03. The van der Waals surface area contributed by atoms with Crippen LogP contribution in [0.25, 0.3) is 0 Å². The van der Waals surface area contributed by atoms with Gasteiger partial charge in [0.1, 0.15) is 0 Å². The smallest absolute Gasteiger partial charge is 0.313 e. The van der Waals surface area contributed by atoms with Crippen LogP contribution in [0.5, 0.6) is 0 Å². The first-order valence-electron chi connectivity index (χ1n) is 4.59. The Bertz CT molecular complexity index is 509. The highest BCUT2D eigenvalue weighted by atomic mass is 32.2. The van der Waals surface area contributed by atoms with Crippen LogP contribution < -0.4 is 5.73 Å². The van der Waals surface area contributed by atoms with Crippen LogP contribution in [0.4, 0.5) is 5.95 Å². The third-order valence-corrected chi connectivity index (χ3v) is 2.83. The molecule has 0 saturated carbocycles. The molecule has 2 aromatic rings. The number of aromatic nitrogens is 4. The molecule has 0 aliphatic rings. The first-order chi connectivity index (χ1) is 8.16. The van der Waals surface area contributed by atoms with Crippen LogP contribution in [0.1, 0.15) is 5.76 Å². The number of nitrogens with zero attached hydrogens (tertiary/aromatic N) is 4. The molecule has 2 rings (SSSR count). The van der Waals surface area contributed by atoms with E-state index in [4.69, 9.17) is 15.4 Å². The molecule has 0 atom stereocenters. The number of nitrogen functional groups attached to an aromatic ring is 1. The Labute approximate surface area is 99.8 Å². The third-order valence-electron chi connectivity index (χ3n) is 1.88. The molecule has 0 aromatic carbocycles. The zero-order valence-corrected chi connectivity index (χ0v) is 9.42. The summed E-state index contributed by atoms with van der Waals surface area (Å²) in [5.74, 6) is -0.236. The number of aliphatic carboxylic acids is 1. The number of rotatable bonds is 5. The third kappa shape index (κ3) is 2.75. The molecule has 0 aliphatic carbocycles. The molecule has 2 heterocycles. The summed E-state index contributed by atoms with van der Waals surface area (Å²) in [5, 5.41) is 20.1. The number of anilines is 1. The van der Waals surface area contributed by atoms with E-state index in [2.05, 4.69) is 15.4 Å². The van der Waals surface area contributed by atoms with Crippen molar-refractivity contribution < 1.29 is 14.4 Å². The van der Waals surface area contributed by atoms with Gasteiger partial charge in [0, 0.05) is 6.07 Å². The molecule has 0 fully saturated rings. The SMILES string of the molecule is Nc1nnc(SCC(=O)O)n1Cc1ccno1. The Morgan fingerprint density at radius 3 is 3.06 bits per heavy atom. The number of nitrogens with two attached hydrogens (primary N) is 1. The summed E-state index contributed by atoms with van der Waals surface area (Å²) < 4.78 is 6.50. The van der Waals surface area contributed by atoms with Crippen molar-refractivity contribution in [2.45, 2.75) is 11.7 Å². The highest BCUT2D eigenvalue weighted by Gasteiger charge is 2.13. The Morgan fingerprint density at radius 1 is 1.59 bits per heavy atom. The molecule has 8 nitrogen and oxygen atoms in total. The average Bonchev–Trinajstić information content (AvgIpc) is 2.89. The van der Waals surface area contributed by atoms with Crippen LogP contribution in [0, 0.1) is 0 Å². The van der Waals surface area contributed by atoms with Gasteiger partial charge in [-0.1, -0.05) is 16.9 Å². The average molecular weight is 255 g/mol. The summed E-state index contributed by atoms with van der Waals surface area (Å²) in [6.07, 6.45) is 1.51. The number of hydrogen-bond acceptors (Lipinski definition) is 7. The minimum atomic E-state index is -0.928. The molecule has 0 unspecified atom stereocenters. The van der Waals surface area contributed by atoms with E-state index in [-0.39, 0.29) is 11.7 Å². The van der Waals surface area contributed by atoms with Crippen LogP contribution in [0.3, 0.4) is 0 Å². The van der Waals surface area contributed by atoms with E-state index < -0.39 is 5.97 Å². The molecule has 0 radical (unpaired) electrons. The van der Waals surface area contributed by atoms with Gasteiger partial charge in [-0.15, -0.1) is 10.2 Å². The maximum atomic E-state index is 10.5. The molecule has 0 aliphatic heterocycles. The van der Waals surface area contributed by atoms with Gasteiger partial charge in [-0.3, -0.25) is 9.36 Å². The zero-order chi connectivity index (χ0) is 12.3. The van der Waals surface area contributed by atoms with E-state index in [0.29, 0.717) is 17.5 Å². The summed E-state index contributed by atoms with van der Waals surface area (Å²) in [7, 11) is 0. The lowest BCUT2D eigenvalue weighted by molar-refractivity contribution is -0.133. The highest BCUT2D eigenvalue weighted by Crippen LogP contribution is 2.19. The number of carboxylic acids is 1. The van der Waals surface area contributed by atoms with E-state index in [1.807, 2.05) is 0 Å². The molecule has 0 bridgehead atoms. The molecule has 0 spiro atoms. The number of hydrogen-bond donors (Lipinski definition) is 2. The second-order valence-electron chi connectivity index (χ2n) is 3.09. The van der Waals surface area contributed by atoms with Crippen molar-refractivity contribution in [3.8, 4) is 0 Å². The van der Waals surface area contributed by atoms with Crippen molar-refractivity contribution in [1.82, 2.24) is 19.9 Å². The van der Waals surface area contributed by atoms with Gasteiger partial charge in [0.15, 0.2) is 10.9 Å². The summed E-state index contributed by atoms with van der Waals surface area (Å²) in [5.41, 5.74) is 5.63. The standard InChI is InChI=1S/C8H9N5O3S/c9-7-11-12-8(17-4-6(14)15)13(7)3-5-1-2-10-16-5/h1-2H,3-4H2,(H2,9,11)(H,14,15). The van der Waals surface area contributed by atoms with Gasteiger partial charge in [0.05, 0.1) is 18.5 Å². The van der Waals surface area contributed by atoms with Crippen molar-refractivity contribution in [2.75, 3.05) is 11.5 Å². The lowest BCUT2D eigenvalue weighted by Crippen LogP contribution is -2.07. The molecular formula is C8H9N5O3S. The predicted octanol–water partition coefficient (Wildman–Crippen LogP) is 0.0733. The minimum Gasteiger partial charge on any atom is -0.481 e. The van der Waals surface area contributed by atoms with Gasteiger partial charge in [0.25, 0.3) is 0 Å². The largest absolute Gasteiger partial charge is 0.481 e. The zero-order valence-electron chi connectivity index (χ0n) is 8.61. The number of thioether (sulfide) groups is 1. The molecule has 17 heavy (non-hydrogen) atoms. The summed E-state index contributed by atoms with van der Waals surface area (Å²) in [6, 6.07) is 1.69. The van der Waals surface area contributed by atoms with Gasteiger partial charge in [-0.2, -0.15) is 0 Å². The fraction of sp³-hybridized carbons (Fsp3) is 0.250. The van der Waals surface area contributed by atoms with Gasteiger partial charge >= 0.3 is 5.97 Å². The van der Waals surface area contributed by atoms with Gasteiger partial charge in [0.2, 0.25) is 5.95 Å². The molecule has 0 amide bonds. The van der Waals surface area contributed by atoms with Crippen molar-refractivity contribution in [3.05, 3.63) is 18.0 Å². The summed E-state index contributed by atoms with van der Waals surface area (Å²) in [6.45, 7) is 0.320. The second-order valence-corrected chi connectivity index (χ2v) is 4.03. The van der Waals surface area contributed by atoms with Crippen LogP contribution >= 0.6 is 11.8 Å². The van der Waals surface area contributed by atoms with E-state index in [0.717, 1.165) is 11.8 Å². The van der Waals surface area contributed by atoms with Crippen molar-refractivity contribution in [3.63, 3.8) is 0 Å². The molecule has 0 saturated heterocycles. The first kappa shape index (κ1) is 11.5. The van der Waals surface area contributed by atoms with Gasteiger partial charge in [-0.05, 0) is 0 Å². The van der Waals surface area contributed by atoms with Gasteiger partial charge in [-0.25, -0.2) is 0 Å². The maximum absolute atomic E-state index is 10.5. The summed E-state index contributed by atoms with van der Waals surface area (Å²) in [4.78, 5) is 10.5. The van der Waals surface area contributed by atoms with Crippen molar-refractivity contribution in [1.29, 1.82) is 0 Å². The second kappa shape index (κ2) is 4.87. The lowest BCUT2D eigenvalue weighted by atomic mass is 10.4. The first-order valence-corrected chi connectivity index (χ1v) is 5.58.